The second kappa shape index (κ2) is 4.90. The van der Waals surface area contributed by atoms with Crippen molar-refractivity contribution in [2.45, 2.75) is 30.7 Å². The van der Waals surface area contributed by atoms with Gasteiger partial charge in [-0.3, -0.25) is 4.79 Å². The number of primary sulfonamides is 1. The average Bonchev–Trinajstić information content (AvgIpc) is 2.25. The summed E-state index contributed by atoms with van der Waals surface area (Å²) in [6, 6.07) is 3.23. The Labute approximate surface area is 111 Å². The molecule has 19 heavy (non-hydrogen) atoms. The normalized spacial score (nSPS) is 22.7. The van der Waals surface area contributed by atoms with E-state index in [2.05, 4.69) is 12.2 Å². The van der Waals surface area contributed by atoms with Gasteiger partial charge in [-0.25, -0.2) is 17.9 Å². The van der Waals surface area contributed by atoms with E-state index in [1.165, 1.54) is 6.07 Å². The Bertz CT molecular complexity index is 609. The predicted octanol–water partition coefficient (Wildman–Crippen LogP) is 1.00. The van der Waals surface area contributed by atoms with Gasteiger partial charge in [-0.2, -0.15) is 0 Å². The van der Waals surface area contributed by atoms with E-state index in [-0.39, 0.29) is 11.6 Å². The Hall–Kier alpha value is -1.47. The maximum absolute atomic E-state index is 13.3. The molecule has 0 radical (unpaired) electrons. The Balaban J connectivity index is 2.19. The maximum atomic E-state index is 13.3. The average molecular weight is 286 g/mol. The molecule has 5 nitrogen and oxygen atoms in total. The van der Waals surface area contributed by atoms with Crippen LogP contribution in [-0.2, 0) is 10.0 Å². The summed E-state index contributed by atoms with van der Waals surface area (Å²) in [5.74, 6) is -0.795. The molecule has 0 bridgehead atoms. The minimum atomic E-state index is -4.17. The van der Waals surface area contributed by atoms with Crippen molar-refractivity contribution in [1.82, 2.24) is 5.32 Å². The number of benzene rings is 1. The highest BCUT2D eigenvalue weighted by Gasteiger charge is 2.27. The summed E-state index contributed by atoms with van der Waals surface area (Å²) in [7, 11) is -4.17. The van der Waals surface area contributed by atoms with Crippen molar-refractivity contribution >= 4 is 15.9 Å². The van der Waals surface area contributed by atoms with Gasteiger partial charge in [0.1, 0.15) is 10.7 Å². The van der Waals surface area contributed by atoms with Crippen LogP contribution in [0, 0.1) is 11.7 Å². The summed E-state index contributed by atoms with van der Waals surface area (Å²) < 4.78 is 35.7. The summed E-state index contributed by atoms with van der Waals surface area (Å²) >= 11 is 0. The van der Waals surface area contributed by atoms with E-state index in [1.807, 2.05) is 0 Å². The van der Waals surface area contributed by atoms with Crippen molar-refractivity contribution in [3.05, 3.63) is 29.6 Å². The first kappa shape index (κ1) is 14.0. The van der Waals surface area contributed by atoms with E-state index in [0.717, 1.165) is 25.0 Å². The molecule has 7 heteroatoms. The third-order valence-corrected chi connectivity index (χ3v) is 4.13. The maximum Gasteiger partial charge on any atom is 0.251 e. The van der Waals surface area contributed by atoms with Crippen LogP contribution in [0.15, 0.2) is 23.1 Å². The van der Waals surface area contributed by atoms with Crippen LogP contribution in [0.5, 0.6) is 0 Å². The first-order valence-corrected chi connectivity index (χ1v) is 7.45. The fraction of sp³-hybridized carbons (Fsp3) is 0.417. The van der Waals surface area contributed by atoms with Gasteiger partial charge in [-0.1, -0.05) is 6.92 Å². The highest BCUT2D eigenvalue weighted by Crippen LogP contribution is 2.26. The molecule has 1 saturated carbocycles. The molecule has 0 aromatic heterocycles. The monoisotopic (exact) mass is 286 g/mol. The number of hydrogen-bond donors (Lipinski definition) is 2. The van der Waals surface area contributed by atoms with Crippen molar-refractivity contribution in [2.24, 2.45) is 11.1 Å². The summed E-state index contributed by atoms with van der Waals surface area (Å²) in [6.45, 7) is 2.08. The number of nitrogens with two attached hydrogens (primary N) is 1. The molecule has 3 N–H and O–H groups in total. The van der Waals surface area contributed by atoms with Crippen LogP contribution in [0.25, 0.3) is 0 Å². The number of nitrogens with one attached hydrogen (secondary N) is 1. The van der Waals surface area contributed by atoms with Crippen molar-refractivity contribution in [3.63, 3.8) is 0 Å². The highest BCUT2D eigenvalue weighted by atomic mass is 32.2. The van der Waals surface area contributed by atoms with Gasteiger partial charge >= 0.3 is 0 Å². The zero-order valence-electron chi connectivity index (χ0n) is 10.4. The lowest BCUT2D eigenvalue weighted by atomic mass is 9.82. The third-order valence-electron chi connectivity index (χ3n) is 3.21. The number of sulfonamides is 1. The van der Waals surface area contributed by atoms with Crippen LogP contribution in [0.1, 0.15) is 30.1 Å². The minimum Gasteiger partial charge on any atom is -0.349 e. The van der Waals surface area contributed by atoms with Gasteiger partial charge in [0.15, 0.2) is 0 Å². The summed E-state index contributed by atoms with van der Waals surface area (Å²) in [6.07, 6.45) is 1.80. The molecular weight excluding hydrogens is 271 g/mol. The van der Waals surface area contributed by atoms with Crippen molar-refractivity contribution in [2.75, 3.05) is 0 Å². The lowest BCUT2D eigenvalue weighted by molar-refractivity contribution is 0.0896. The lowest BCUT2D eigenvalue weighted by Gasteiger charge is -2.33. The van der Waals surface area contributed by atoms with Crippen LogP contribution >= 0.6 is 0 Å². The molecule has 0 heterocycles. The number of rotatable bonds is 3. The van der Waals surface area contributed by atoms with E-state index >= 15 is 0 Å². The van der Waals surface area contributed by atoms with Gasteiger partial charge < -0.3 is 5.32 Å². The molecule has 1 fully saturated rings. The van der Waals surface area contributed by atoms with Crippen LogP contribution in [0.3, 0.4) is 0 Å². The van der Waals surface area contributed by atoms with Crippen molar-refractivity contribution in [3.8, 4) is 0 Å². The minimum absolute atomic E-state index is 0.0879. The highest BCUT2D eigenvalue weighted by molar-refractivity contribution is 7.89. The molecule has 0 atom stereocenters. The quantitative estimate of drug-likeness (QED) is 0.868. The molecule has 0 aliphatic heterocycles. The van der Waals surface area contributed by atoms with Gasteiger partial charge in [0.25, 0.3) is 5.91 Å². The van der Waals surface area contributed by atoms with E-state index in [0.29, 0.717) is 5.92 Å². The van der Waals surface area contributed by atoms with Crippen LogP contribution < -0.4 is 10.5 Å². The Kier molecular flexibility index (Phi) is 3.60. The molecule has 1 aliphatic rings. The van der Waals surface area contributed by atoms with E-state index < -0.39 is 26.6 Å². The molecule has 1 aromatic carbocycles. The molecule has 1 amide bonds. The summed E-state index contributed by atoms with van der Waals surface area (Å²) in [5.41, 5.74) is 0.0879. The second-order valence-corrected chi connectivity index (χ2v) is 6.47. The smallest absolute Gasteiger partial charge is 0.251 e. The van der Waals surface area contributed by atoms with E-state index in [4.69, 9.17) is 5.14 Å². The van der Waals surface area contributed by atoms with Crippen LogP contribution in [0.4, 0.5) is 4.39 Å². The second-order valence-electron chi connectivity index (χ2n) is 4.94. The summed E-state index contributed by atoms with van der Waals surface area (Å²) in [5, 5.41) is 7.65. The van der Waals surface area contributed by atoms with E-state index in [9.17, 15) is 17.6 Å². The summed E-state index contributed by atoms with van der Waals surface area (Å²) in [4.78, 5) is 11.2. The van der Waals surface area contributed by atoms with Crippen LogP contribution in [0.2, 0.25) is 0 Å². The Morgan fingerprint density at radius 1 is 1.42 bits per heavy atom. The number of hydrogen-bond acceptors (Lipinski definition) is 3. The molecule has 1 aliphatic carbocycles. The zero-order valence-corrected chi connectivity index (χ0v) is 11.2. The number of carbonyl (C=O) groups excluding carboxylic acids is 1. The molecule has 0 spiro atoms. The molecule has 0 saturated heterocycles. The fourth-order valence-electron chi connectivity index (χ4n) is 2.15. The molecular formula is C12H15FN2O3S. The number of halogens is 1. The first-order chi connectivity index (χ1) is 8.77. The molecule has 0 unspecified atom stereocenters. The Morgan fingerprint density at radius 2 is 2.05 bits per heavy atom. The Morgan fingerprint density at radius 3 is 2.58 bits per heavy atom. The van der Waals surface area contributed by atoms with Gasteiger partial charge in [0, 0.05) is 11.6 Å². The third kappa shape index (κ3) is 3.10. The number of amides is 1. The largest absolute Gasteiger partial charge is 0.349 e. The van der Waals surface area contributed by atoms with E-state index in [1.54, 1.807) is 0 Å². The molecule has 1 aromatic rings. The van der Waals surface area contributed by atoms with Gasteiger partial charge in [-0.05, 0) is 37.0 Å². The molecule has 2 rings (SSSR count). The lowest BCUT2D eigenvalue weighted by Crippen LogP contribution is -2.43. The predicted molar refractivity (Wildman–Crippen MR) is 67.4 cm³/mol. The SMILES string of the molecule is CC1CC(NC(=O)c2ccc(F)c(S(N)(=O)=O)c2)C1. The zero-order chi connectivity index (χ0) is 14.2. The topological polar surface area (TPSA) is 89.3 Å². The first-order valence-electron chi connectivity index (χ1n) is 5.90. The van der Waals surface area contributed by atoms with Crippen molar-refractivity contribution in [1.29, 1.82) is 0 Å². The van der Waals surface area contributed by atoms with Crippen LogP contribution in [-0.4, -0.2) is 20.4 Å². The van der Waals surface area contributed by atoms with Crippen molar-refractivity contribution < 1.29 is 17.6 Å². The van der Waals surface area contributed by atoms with Gasteiger partial charge in [-0.15, -0.1) is 0 Å². The number of carbonyl (C=O) groups is 1. The molecule has 104 valence electrons. The standard InChI is InChI=1S/C12H15FN2O3S/c1-7-4-9(5-7)15-12(16)8-2-3-10(13)11(6-8)19(14,17)18/h2-3,6-7,9H,4-5H2,1H3,(H,15,16)(H2,14,17,18). The fourth-order valence-corrected chi connectivity index (χ4v) is 2.78. The van der Waals surface area contributed by atoms with Gasteiger partial charge in [0.2, 0.25) is 10.0 Å². The van der Waals surface area contributed by atoms with Gasteiger partial charge in [0.05, 0.1) is 0 Å².